The highest BCUT2D eigenvalue weighted by atomic mass is 16.6. The third-order valence-corrected chi connectivity index (χ3v) is 4.87. The minimum absolute atomic E-state index is 0.0630. The molecule has 0 aromatic heterocycles. The van der Waals surface area contributed by atoms with Gasteiger partial charge in [0.05, 0.1) is 5.57 Å². The summed E-state index contributed by atoms with van der Waals surface area (Å²) in [7, 11) is 0. The van der Waals surface area contributed by atoms with Crippen molar-refractivity contribution in [3.8, 4) is 0 Å². The van der Waals surface area contributed by atoms with Gasteiger partial charge in [-0.3, -0.25) is 14.4 Å². The van der Waals surface area contributed by atoms with Crippen molar-refractivity contribution < 1.29 is 44.3 Å². The van der Waals surface area contributed by atoms with Crippen LogP contribution in [0.15, 0.2) is 24.0 Å². The fourth-order valence-electron chi connectivity index (χ4n) is 3.32. The number of rotatable bonds is 6. The number of hydrogen-bond acceptors (Lipinski definition) is 9. The van der Waals surface area contributed by atoms with Crippen molar-refractivity contribution in [2.45, 2.75) is 56.8 Å². The quantitative estimate of drug-likeness (QED) is 0.424. The van der Waals surface area contributed by atoms with Crippen molar-refractivity contribution in [3.63, 3.8) is 0 Å². The van der Waals surface area contributed by atoms with Gasteiger partial charge in [-0.25, -0.2) is 4.79 Å². The Balaban J connectivity index is 2.64. The second-order valence-corrected chi connectivity index (χ2v) is 6.61. The number of ether oxygens (including phenoxy) is 1. The number of carbonyl (C=O) groups excluding carboxylic acids is 3. The van der Waals surface area contributed by atoms with Gasteiger partial charge in [0.15, 0.2) is 29.2 Å². The first-order chi connectivity index (χ1) is 12.4. The van der Waals surface area contributed by atoms with Crippen LogP contribution in [0.5, 0.6) is 0 Å². The molecular formula is C17H21NO9. The van der Waals surface area contributed by atoms with Crippen LogP contribution in [-0.2, 0) is 23.9 Å². The summed E-state index contributed by atoms with van der Waals surface area (Å²) in [6.07, 6.45) is -1.86. The molecule has 1 fully saturated rings. The summed E-state index contributed by atoms with van der Waals surface area (Å²) in [5.41, 5.74) is -5.91. The van der Waals surface area contributed by atoms with Crippen LogP contribution in [0.4, 0.5) is 0 Å². The summed E-state index contributed by atoms with van der Waals surface area (Å²) < 4.78 is 5.43. The number of aliphatic hydroxyl groups excluding tert-OH is 1. The zero-order valence-electron chi connectivity index (χ0n) is 14.9. The Morgan fingerprint density at radius 1 is 1.15 bits per heavy atom. The van der Waals surface area contributed by atoms with Crippen molar-refractivity contribution in [2.24, 2.45) is 0 Å². The molecule has 2 heterocycles. The summed E-state index contributed by atoms with van der Waals surface area (Å²) in [5, 5.41) is 41.3. The van der Waals surface area contributed by atoms with Gasteiger partial charge in [-0.15, -0.1) is 0 Å². The number of nitrogens with zero attached hydrogens (tertiary/aromatic N) is 1. The highest BCUT2D eigenvalue weighted by molar-refractivity contribution is 6.00. The molecule has 0 aromatic carbocycles. The number of ketones is 3. The topological polar surface area (TPSA) is 162 Å². The number of Topliss-reactive ketones (excluding diaryl/α,β-unsaturated/α-hetero) is 3. The first kappa shape index (κ1) is 20.9. The summed E-state index contributed by atoms with van der Waals surface area (Å²) >= 11 is 0. The molecule has 0 saturated carbocycles. The molecule has 0 radical (unpaired) electrons. The van der Waals surface area contributed by atoms with Crippen LogP contribution in [-0.4, -0.2) is 78.3 Å². The number of aliphatic hydroxyl groups is 3. The fraction of sp³-hybridized carbons (Fsp3) is 0.529. The monoisotopic (exact) mass is 383 g/mol. The van der Waals surface area contributed by atoms with Gasteiger partial charge in [0, 0.05) is 18.8 Å². The Morgan fingerprint density at radius 3 is 2.15 bits per heavy atom. The van der Waals surface area contributed by atoms with Crippen molar-refractivity contribution in [1.29, 1.82) is 0 Å². The van der Waals surface area contributed by atoms with E-state index in [1.165, 1.54) is 12.3 Å². The molecule has 0 spiro atoms. The molecule has 148 valence electrons. The maximum absolute atomic E-state index is 12.3. The number of hydrogen-bond donors (Lipinski definition) is 4. The fourth-order valence-corrected chi connectivity index (χ4v) is 3.32. The van der Waals surface area contributed by atoms with E-state index in [0.717, 1.165) is 31.9 Å². The molecule has 10 heteroatoms. The van der Waals surface area contributed by atoms with Gasteiger partial charge in [-0.05, 0) is 20.8 Å². The smallest absolute Gasteiger partial charge is 0.333 e. The van der Waals surface area contributed by atoms with Crippen LogP contribution in [0.1, 0.15) is 27.2 Å². The lowest BCUT2D eigenvalue weighted by molar-refractivity contribution is -0.184. The van der Waals surface area contributed by atoms with Crippen molar-refractivity contribution >= 4 is 23.3 Å². The summed E-state index contributed by atoms with van der Waals surface area (Å²) in [5.74, 6) is -4.28. The highest BCUT2D eigenvalue weighted by Gasteiger charge is 2.73. The zero-order valence-corrected chi connectivity index (χ0v) is 14.9. The van der Waals surface area contributed by atoms with Crippen molar-refractivity contribution in [1.82, 2.24) is 4.90 Å². The van der Waals surface area contributed by atoms with E-state index >= 15 is 0 Å². The predicted octanol–water partition coefficient (Wildman–Crippen LogP) is -1.51. The largest absolute Gasteiger partial charge is 0.478 e. The van der Waals surface area contributed by atoms with Gasteiger partial charge in [0.25, 0.3) is 0 Å². The molecule has 1 unspecified atom stereocenters. The standard InChI is InChI=1S/C17H21NO9/c1-8(19)12(22)13-16(25,9(2)20)17(26,10(3)21)15(27-13)18-6-4-5-11(7-18)14(23)24/h4,6-7,12-13,15,22,25-26H,5H2,1-3H3,(H,23,24)/t12?,13-,15-,16-,17+/m1/s1. The average molecular weight is 383 g/mol. The molecule has 0 aromatic rings. The lowest BCUT2D eigenvalue weighted by Gasteiger charge is -2.40. The van der Waals surface area contributed by atoms with Crippen LogP contribution in [0.25, 0.3) is 0 Å². The minimum Gasteiger partial charge on any atom is -0.478 e. The Hall–Kier alpha value is -2.40. The molecule has 0 bridgehead atoms. The number of aliphatic carboxylic acids is 1. The normalized spacial score (nSPS) is 34.1. The molecule has 0 aliphatic carbocycles. The first-order valence-corrected chi connectivity index (χ1v) is 8.07. The summed E-state index contributed by atoms with van der Waals surface area (Å²) in [6.45, 7) is 2.77. The SMILES string of the molecule is CC(=O)C(O)[C@H]1O[C@@H](N2C=CCC(C(=O)O)=C2)[C@@](O)(C(C)=O)[C@@]1(O)C(C)=O. The second-order valence-electron chi connectivity index (χ2n) is 6.61. The molecule has 1 saturated heterocycles. The van der Waals surface area contributed by atoms with E-state index in [4.69, 9.17) is 9.84 Å². The number of carbonyl (C=O) groups is 4. The highest BCUT2D eigenvalue weighted by Crippen LogP contribution is 2.45. The van der Waals surface area contributed by atoms with Gasteiger partial charge in [-0.1, -0.05) is 6.08 Å². The lowest BCUT2D eigenvalue weighted by atomic mass is 9.73. The van der Waals surface area contributed by atoms with Gasteiger partial charge < -0.3 is 30.1 Å². The molecular weight excluding hydrogens is 362 g/mol. The zero-order chi connectivity index (χ0) is 20.7. The van der Waals surface area contributed by atoms with Gasteiger partial charge in [0.1, 0.15) is 12.2 Å². The van der Waals surface area contributed by atoms with Crippen LogP contribution in [0, 0.1) is 0 Å². The third-order valence-electron chi connectivity index (χ3n) is 4.87. The number of carboxylic acids is 1. The Kier molecular flexibility index (Phi) is 5.39. The van der Waals surface area contributed by atoms with Gasteiger partial charge in [0.2, 0.25) is 5.60 Å². The van der Waals surface area contributed by atoms with E-state index < -0.39 is 53.0 Å². The van der Waals surface area contributed by atoms with Crippen LogP contribution < -0.4 is 0 Å². The maximum atomic E-state index is 12.3. The Morgan fingerprint density at radius 2 is 1.70 bits per heavy atom. The van der Waals surface area contributed by atoms with E-state index in [1.807, 2.05) is 0 Å². The van der Waals surface area contributed by atoms with E-state index in [-0.39, 0.29) is 12.0 Å². The van der Waals surface area contributed by atoms with E-state index in [1.54, 1.807) is 0 Å². The molecule has 0 amide bonds. The van der Waals surface area contributed by atoms with E-state index in [0.29, 0.717) is 0 Å². The summed E-state index contributed by atoms with van der Waals surface area (Å²) in [4.78, 5) is 48.4. The number of allylic oxidation sites excluding steroid dienone is 1. The molecule has 10 nitrogen and oxygen atoms in total. The molecule has 5 atom stereocenters. The minimum atomic E-state index is -2.93. The number of carboxylic acid groups (broad SMARTS) is 1. The summed E-state index contributed by atoms with van der Waals surface area (Å²) in [6, 6.07) is 0. The van der Waals surface area contributed by atoms with Crippen LogP contribution in [0.3, 0.4) is 0 Å². The maximum Gasteiger partial charge on any atom is 0.333 e. The van der Waals surface area contributed by atoms with Crippen LogP contribution >= 0.6 is 0 Å². The lowest BCUT2D eigenvalue weighted by Crippen LogP contribution is -2.69. The first-order valence-electron chi connectivity index (χ1n) is 8.07. The third kappa shape index (κ3) is 3.00. The second kappa shape index (κ2) is 6.97. The van der Waals surface area contributed by atoms with Crippen molar-refractivity contribution in [2.75, 3.05) is 0 Å². The van der Waals surface area contributed by atoms with Gasteiger partial charge in [-0.2, -0.15) is 0 Å². The molecule has 2 aliphatic rings. The molecule has 4 N–H and O–H groups in total. The molecule has 2 rings (SSSR count). The Labute approximate surface area is 154 Å². The predicted molar refractivity (Wildman–Crippen MR) is 87.9 cm³/mol. The molecule has 27 heavy (non-hydrogen) atoms. The molecule has 2 aliphatic heterocycles. The van der Waals surface area contributed by atoms with E-state index in [2.05, 4.69) is 0 Å². The Bertz CT molecular complexity index is 758. The van der Waals surface area contributed by atoms with Crippen LogP contribution in [0.2, 0.25) is 0 Å². The van der Waals surface area contributed by atoms with Gasteiger partial charge >= 0.3 is 5.97 Å². The van der Waals surface area contributed by atoms with E-state index in [9.17, 15) is 34.5 Å². The van der Waals surface area contributed by atoms with Crippen molar-refractivity contribution in [3.05, 3.63) is 24.0 Å². The average Bonchev–Trinajstić information content (AvgIpc) is 2.85.